The molecule has 0 spiro atoms. The van der Waals surface area contributed by atoms with Gasteiger partial charge < -0.3 is 19.1 Å². The van der Waals surface area contributed by atoms with Crippen LogP contribution >= 0.6 is 0 Å². The number of hydrogen-bond donors (Lipinski definition) is 0. The molecule has 0 atom stereocenters. The van der Waals surface area contributed by atoms with Gasteiger partial charge in [-0.25, -0.2) is 4.79 Å². The lowest BCUT2D eigenvalue weighted by molar-refractivity contribution is -0.599. The highest BCUT2D eigenvalue weighted by atomic mass is 16.5. The molecule has 21 heavy (non-hydrogen) atoms. The molecule has 0 saturated carbocycles. The van der Waals surface area contributed by atoms with E-state index in [1.807, 2.05) is 12.1 Å². The van der Waals surface area contributed by atoms with Gasteiger partial charge in [0.1, 0.15) is 0 Å². The van der Waals surface area contributed by atoms with Crippen LogP contribution in [0.15, 0.2) is 28.7 Å². The highest BCUT2D eigenvalue weighted by Gasteiger charge is 2.30. The summed E-state index contributed by atoms with van der Waals surface area (Å²) >= 11 is 0. The molecular weight excluding hydrogens is 274 g/mol. The summed E-state index contributed by atoms with van der Waals surface area (Å²) in [4.78, 5) is 11.8. The Bertz CT molecular complexity index is 630. The van der Waals surface area contributed by atoms with Gasteiger partial charge >= 0.3 is 17.6 Å². The van der Waals surface area contributed by atoms with Crippen LogP contribution < -0.4 is 4.73 Å². The van der Waals surface area contributed by atoms with Crippen molar-refractivity contribution < 1.29 is 23.4 Å². The van der Waals surface area contributed by atoms with Crippen molar-refractivity contribution in [2.24, 2.45) is 0 Å². The van der Waals surface area contributed by atoms with Crippen molar-refractivity contribution in [2.45, 2.75) is 20.5 Å². The molecule has 0 aliphatic heterocycles. The van der Waals surface area contributed by atoms with Crippen molar-refractivity contribution in [3.8, 4) is 11.5 Å². The summed E-state index contributed by atoms with van der Waals surface area (Å²) in [5.41, 5.74) is 1.45. The van der Waals surface area contributed by atoms with Crippen molar-refractivity contribution in [2.75, 3.05) is 13.7 Å². The standard InChI is InChI=1S/C15H17NO5/c1-4-20-15(17)13-10(2)21-14(16(13)18)12-7-5-11(6-8-12)9-19-3/h5-8H,4,9H2,1-3H3. The fraction of sp³-hybridized carbons (Fsp3) is 0.333. The minimum absolute atomic E-state index is 0.0690. The van der Waals surface area contributed by atoms with Gasteiger partial charge in [0.05, 0.1) is 18.8 Å². The summed E-state index contributed by atoms with van der Waals surface area (Å²) in [6.07, 6.45) is 0. The third-order valence-corrected chi connectivity index (χ3v) is 2.95. The predicted octanol–water partition coefficient (Wildman–Crippen LogP) is 2.21. The number of aromatic nitrogens is 1. The molecule has 0 amide bonds. The molecule has 2 rings (SSSR count). The Labute approximate surface area is 122 Å². The van der Waals surface area contributed by atoms with Crippen LogP contribution in [-0.2, 0) is 16.1 Å². The van der Waals surface area contributed by atoms with E-state index < -0.39 is 5.97 Å². The third kappa shape index (κ3) is 3.05. The van der Waals surface area contributed by atoms with Gasteiger partial charge in [0.15, 0.2) is 5.76 Å². The number of oxazole rings is 1. The zero-order valence-electron chi connectivity index (χ0n) is 12.2. The maximum Gasteiger partial charge on any atom is 0.408 e. The summed E-state index contributed by atoms with van der Waals surface area (Å²) in [5, 5.41) is 12.2. The van der Waals surface area contributed by atoms with E-state index in [-0.39, 0.29) is 24.0 Å². The fourth-order valence-corrected chi connectivity index (χ4v) is 1.99. The van der Waals surface area contributed by atoms with Crippen LogP contribution in [0.4, 0.5) is 0 Å². The topological polar surface area (TPSA) is 75.6 Å². The van der Waals surface area contributed by atoms with E-state index in [4.69, 9.17) is 13.9 Å². The second-order valence-corrected chi connectivity index (χ2v) is 4.46. The number of aryl methyl sites for hydroxylation is 1. The van der Waals surface area contributed by atoms with E-state index >= 15 is 0 Å². The second-order valence-electron chi connectivity index (χ2n) is 4.46. The average Bonchev–Trinajstić information content (AvgIpc) is 2.75. The van der Waals surface area contributed by atoms with E-state index in [2.05, 4.69) is 0 Å². The predicted molar refractivity (Wildman–Crippen MR) is 74.5 cm³/mol. The van der Waals surface area contributed by atoms with Crippen molar-refractivity contribution in [1.29, 1.82) is 0 Å². The second kappa shape index (κ2) is 6.41. The molecule has 6 nitrogen and oxygen atoms in total. The number of nitrogens with zero attached hydrogens (tertiary/aromatic N) is 1. The monoisotopic (exact) mass is 291 g/mol. The van der Waals surface area contributed by atoms with E-state index in [9.17, 15) is 10.0 Å². The van der Waals surface area contributed by atoms with Crippen LogP contribution in [0.5, 0.6) is 0 Å². The highest BCUT2D eigenvalue weighted by molar-refractivity contribution is 5.87. The average molecular weight is 291 g/mol. The zero-order chi connectivity index (χ0) is 15.4. The zero-order valence-corrected chi connectivity index (χ0v) is 12.2. The molecular formula is C15H17NO5. The summed E-state index contributed by atoms with van der Waals surface area (Å²) in [7, 11) is 1.61. The normalized spacial score (nSPS) is 10.6. The van der Waals surface area contributed by atoms with Crippen molar-refractivity contribution in [3.05, 3.63) is 46.5 Å². The number of carbonyl (C=O) groups excluding carboxylic acids is 1. The number of rotatable bonds is 5. The van der Waals surface area contributed by atoms with Crippen molar-refractivity contribution in [1.82, 2.24) is 0 Å². The lowest BCUT2D eigenvalue weighted by Crippen LogP contribution is -2.35. The molecule has 0 aliphatic carbocycles. The van der Waals surface area contributed by atoms with Gasteiger partial charge in [-0.15, -0.1) is 4.73 Å². The SMILES string of the molecule is CCOC(=O)c1c(C)oc(-c2ccc(COC)cc2)[n+]1[O-]. The smallest absolute Gasteiger partial charge is 0.408 e. The Morgan fingerprint density at radius 1 is 1.33 bits per heavy atom. The molecule has 0 unspecified atom stereocenters. The van der Waals surface area contributed by atoms with Gasteiger partial charge in [0.25, 0.3) is 0 Å². The number of methoxy groups -OCH3 is 1. The first-order chi connectivity index (χ1) is 10.1. The number of benzene rings is 1. The van der Waals surface area contributed by atoms with Gasteiger partial charge in [-0.2, -0.15) is 0 Å². The molecule has 1 heterocycles. The quantitative estimate of drug-likeness (QED) is 0.479. The van der Waals surface area contributed by atoms with Crippen LogP contribution in [0.3, 0.4) is 0 Å². The summed E-state index contributed by atoms with van der Waals surface area (Å²) in [5.74, 6) is -0.380. The first-order valence-corrected chi connectivity index (χ1v) is 6.56. The number of ether oxygens (including phenoxy) is 2. The van der Waals surface area contributed by atoms with Crippen LogP contribution in [0, 0.1) is 12.1 Å². The molecule has 2 aromatic rings. The van der Waals surface area contributed by atoms with Gasteiger partial charge in [0, 0.05) is 14.0 Å². The van der Waals surface area contributed by atoms with Gasteiger partial charge in [0.2, 0.25) is 0 Å². The molecule has 1 aromatic heterocycles. The molecule has 0 aliphatic rings. The molecule has 0 bridgehead atoms. The Hall–Kier alpha value is -2.34. The molecule has 0 saturated heterocycles. The van der Waals surface area contributed by atoms with E-state index in [0.717, 1.165) is 5.56 Å². The number of hydrogen-bond acceptors (Lipinski definition) is 5. The number of esters is 1. The largest absolute Gasteiger partial charge is 0.615 e. The summed E-state index contributed by atoms with van der Waals surface area (Å²) in [6.45, 7) is 3.93. The molecule has 1 aromatic carbocycles. The molecule has 112 valence electrons. The van der Waals surface area contributed by atoms with Crippen LogP contribution in [0.1, 0.15) is 28.7 Å². The van der Waals surface area contributed by atoms with Gasteiger partial charge in [-0.05, 0) is 24.6 Å². The Balaban J connectivity index is 2.36. The molecule has 0 radical (unpaired) electrons. The van der Waals surface area contributed by atoms with Crippen LogP contribution in [0.2, 0.25) is 0 Å². The third-order valence-electron chi connectivity index (χ3n) is 2.95. The van der Waals surface area contributed by atoms with E-state index in [0.29, 0.717) is 16.9 Å². The Morgan fingerprint density at radius 2 is 2.00 bits per heavy atom. The maximum absolute atomic E-state index is 12.2. The Kier molecular flexibility index (Phi) is 4.59. The summed E-state index contributed by atoms with van der Waals surface area (Å²) < 4.78 is 15.8. The first-order valence-electron chi connectivity index (χ1n) is 6.56. The summed E-state index contributed by atoms with van der Waals surface area (Å²) in [6, 6.07) is 7.16. The molecule has 0 fully saturated rings. The fourth-order valence-electron chi connectivity index (χ4n) is 1.99. The van der Waals surface area contributed by atoms with E-state index in [1.165, 1.54) is 0 Å². The molecule has 6 heteroatoms. The van der Waals surface area contributed by atoms with Crippen molar-refractivity contribution >= 4 is 5.97 Å². The lowest BCUT2D eigenvalue weighted by atomic mass is 10.1. The minimum atomic E-state index is -0.684. The van der Waals surface area contributed by atoms with Crippen molar-refractivity contribution in [3.63, 3.8) is 0 Å². The maximum atomic E-state index is 12.2. The number of carbonyl (C=O) groups is 1. The first kappa shape index (κ1) is 15.1. The van der Waals surface area contributed by atoms with Gasteiger partial charge in [-0.1, -0.05) is 12.1 Å². The Morgan fingerprint density at radius 3 is 2.57 bits per heavy atom. The lowest BCUT2D eigenvalue weighted by Gasteiger charge is -2.02. The molecule has 0 N–H and O–H groups in total. The van der Waals surface area contributed by atoms with Gasteiger partial charge in [-0.3, -0.25) is 0 Å². The highest BCUT2D eigenvalue weighted by Crippen LogP contribution is 2.21. The van der Waals surface area contributed by atoms with Crippen LogP contribution in [-0.4, -0.2) is 19.7 Å². The van der Waals surface area contributed by atoms with Crippen LogP contribution in [0.25, 0.3) is 11.5 Å². The minimum Gasteiger partial charge on any atom is -0.615 e. The van der Waals surface area contributed by atoms with E-state index in [1.54, 1.807) is 33.1 Å².